The van der Waals surface area contributed by atoms with Crippen LogP contribution in [0.5, 0.6) is 0 Å². The number of rotatable bonds is 5. The Hall–Kier alpha value is -0.120. The van der Waals surface area contributed by atoms with Crippen LogP contribution in [0.3, 0.4) is 0 Å². The number of hydrogen-bond donors (Lipinski definition) is 2. The molecule has 102 valence electrons. The first-order chi connectivity index (χ1) is 7.79. The Balaban J connectivity index is 2.75. The van der Waals surface area contributed by atoms with E-state index >= 15 is 0 Å². The first-order valence-electron chi connectivity index (χ1n) is 6.79. The lowest BCUT2D eigenvalue weighted by molar-refractivity contribution is -0.138. The van der Waals surface area contributed by atoms with Crippen LogP contribution in [0.2, 0.25) is 0 Å². The summed E-state index contributed by atoms with van der Waals surface area (Å²) in [6.07, 6.45) is 4.26. The summed E-state index contributed by atoms with van der Waals surface area (Å²) in [6, 6.07) is 0. The minimum absolute atomic E-state index is 0.169. The van der Waals surface area contributed by atoms with Gasteiger partial charge in [-0.1, -0.05) is 13.8 Å². The fourth-order valence-electron chi connectivity index (χ4n) is 2.82. The molecule has 0 radical (unpaired) electrons. The van der Waals surface area contributed by atoms with E-state index in [-0.39, 0.29) is 5.41 Å². The van der Waals surface area contributed by atoms with Gasteiger partial charge in [-0.3, -0.25) is 0 Å². The second kappa shape index (κ2) is 5.25. The van der Waals surface area contributed by atoms with Crippen LogP contribution in [0, 0.1) is 10.8 Å². The molecular weight excluding hydrogens is 214 g/mol. The van der Waals surface area contributed by atoms with E-state index in [4.69, 9.17) is 10.5 Å². The Morgan fingerprint density at radius 3 is 2.18 bits per heavy atom. The fraction of sp³-hybridized carbons (Fsp3) is 1.00. The van der Waals surface area contributed by atoms with Gasteiger partial charge in [-0.25, -0.2) is 0 Å². The molecule has 3 heteroatoms. The van der Waals surface area contributed by atoms with E-state index in [0.29, 0.717) is 25.2 Å². The molecule has 0 aromatic carbocycles. The number of ether oxygens (including phenoxy) is 1. The smallest absolute Gasteiger partial charge is 0.0919 e. The van der Waals surface area contributed by atoms with Gasteiger partial charge in [0.25, 0.3) is 0 Å². The zero-order valence-electron chi connectivity index (χ0n) is 11.9. The lowest BCUT2D eigenvalue weighted by Gasteiger charge is -2.50. The molecule has 1 aliphatic carbocycles. The molecule has 3 nitrogen and oxygen atoms in total. The van der Waals surface area contributed by atoms with Crippen LogP contribution in [-0.2, 0) is 4.74 Å². The molecule has 0 spiro atoms. The van der Waals surface area contributed by atoms with E-state index in [1.165, 1.54) is 0 Å². The second-order valence-corrected chi connectivity index (χ2v) is 6.56. The predicted octanol–water partition coefficient (Wildman–Crippen LogP) is 2.32. The van der Waals surface area contributed by atoms with Crippen molar-refractivity contribution in [3.63, 3.8) is 0 Å². The topological polar surface area (TPSA) is 55.5 Å². The Morgan fingerprint density at radius 1 is 1.24 bits per heavy atom. The molecule has 0 aliphatic heterocycles. The summed E-state index contributed by atoms with van der Waals surface area (Å²) in [4.78, 5) is 0. The predicted molar refractivity (Wildman–Crippen MR) is 70.9 cm³/mol. The summed E-state index contributed by atoms with van der Waals surface area (Å²) in [7, 11) is 0. The van der Waals surface area contributed by atoms with Crippen molar-refractivity contribution in [2.45, 2.75) is 59.0 Å². The molecule has 1 aliphatic rings. The molecule has 1 unspecified atom stereocenters. The summed E-state index contributed by atoms with van der Waals surface area (Å²) in [5.41, 5.74) is 5.38. The standard InChI is InChI=1S/C14H29NO2/c1-5-17-11-13(4,16)14(10-15)8-6-12(2,3)7-9-14/h16H,5-11,15H2,1-4H3. The highest BCUT2D eigenvalue weighted by Crippen LogP contribution is 2.50. The quantitative estimate of drug-likeness (QED) is 0.779. The number of nitrogens with two attached hydrogens (primary N) is 1. The third kappa shape index (κ3) is 3.21. The highest BCUT2D eigenvalue weighted by atomic mass is 16.5. The van der Waals surface area contributed by atoms with Gasteiger partial charge >= 0.3 is 0 Å². The first-order valence-corrected chi connectivity index (χ1v) is 6.79. The van der Waals surface area contributed by atoms with Gasteiger partial charge in [-0.05, 0) is 44.9 Å². The molecule has 0 saturated heterocycles. The molecule has 1 fully saturated rings. The molecule has 0 aromatic heterocycles. The van der Waals surface area contributed by atoms with Crippen LogP contribution in [0.25, 0.3) is 0 Å². The van der Waals surface area contributed by atoms with Crippen molar-refractivity contribution in [2.24, 2.45) is 16.6 Å². The van der Waals surface area contributed by atoms with Crippen LogP contribution in [0.4, 0.5) is 0 Å². The minimum Gasteiger partial charge on any atom is -0.387 e. The van der Waals surface area contributed by atoms with Crippen molar-refractivity contribution in [2.75, 3.05) is 19.8 Å². The average molecular weight is 243 g/mol. The van der Waals surface area contributed by atoms with Crippen LogP contribution in [-0.4, -0.2) is 30.5 Å². The summed E-state index contributed by atoms with van der Waals surface area (Å²) in [6.45, 7) is 10.0. The van der Waals surface area contributed by atoms with E-state index in [9.17, 15) is 5.11 Å². The second-order valence-electron chi connectivity index (χ2n) is 6.56. The van der Waals surface area contributed by atoms with Gasteiger partial charge < -0.3 is 15.6 Å². The zero-order valence-corrected chi connectivity index (χ0v) is 11.9. The maximum atomic E-state index is 10.7. The molecular formula is C14H29NO2. The van der Waals surface area contributed by atoms with Crippen LogP contribution < -0.4 is 5.73 Å². The molecule has 3 N–H and O–H groups in total. The van der Waals surface area contributed by atoms with Gasteiger partial charge in [0.05, 0.1) is 12.2 Å². The summed E-state index contributed by atoms with van der Waals surface area (Å²) >= 11 is 0. The van der Waals surface area contributed by atoms with Crippen molar-refractivity contribution < 1.29 is 9.84 Å². The van der Waals surface area contributed by atoms with Gasteiger partial charge in [0.15, 0.2) is 0 Å². The Labute approximate surface area is 106 Å². The summed E-state index contributed by atoms with van der Waals surface area (Å²) < 4.78 is 5.42. The minimum atomic E-state index is -0.811. The van der Waals surface area contributed by atoms with E-state index in [1.807, 2.05) is 13.8 Å². The van der Waals surface area contributed by atoms with Crippen molar-refractivity contribution in [3.8, 4) is 0 Å². The zero-order chi connectivity index (χ0) is 13.2. The maximum absolute atomic E-state index is 10.7. The molecule has 0 heterocycles. The fourth-order valence-corrected chi connectivity index (χ4v) is 2.82. The van der Waals surface area contributed by atoms with Gasteiger partial charge in [-0.2, -0.15) is 0 Å². The normalized spacial score (nSPS) is 26.5. The number of aliphatic hydroxyl groups is 1. The van der Waals surface area contributed by atoms with E-state index in [2.05, 4.69) is 13.8 Å². The molecule has 0 amide bonds. The van der Waals surface area contributed by atoms with E-state index in [0.717, 1.165) is 25.7 Å². The van der Waals surface area contributed by atoms with Gasteiger partial charge in [0.2, 0.25) is 0 Å². The maximum Gasteiger partial charge on any atom is 0.0919 e. The number of hydrogen-bond acceptors (Lipinski definition) is 3. The van der Waals surface area contributed by atoms with Crippen molar-refractivity contribution in [1.82, 2.24) is 0 Å². The van der Waals surface area contributed by atoms with Crippen LogP contribution in [0.1, 0.15) is 53.4 Å². The van der Waals surface area contributed by atoms with Crippen molar-refractivity contribution in [3.05, 3.63) is 0 Å². The van der Waals surface area contributed by atoms with Crippen LogP contribution in [0.15, 0.2) is 0 Å². The Morgan fingerprint density at radius 2 is 1.76 bits per heavy atom. The molecule has 17 heavy (non-hydrogen) atoms. The molecule has 0 bridgehead atoms. The third-order valence-corrected chi connectivity index (χ3v) is 4.68. The average Bonchev–Trinajstić information content (AvgIpc) is 2.27. The van der Waals surface area contributed by atoms with E-state index < -0.39 is 5.60 Å². The highest BCUT2D eigenvalue weighted by Gasteiger charge is 2.49. The molecule has 1 saturated carbocycles. The lowest BCUT2D eigenvalue weighted by atomic mass is 9.59. The van der Waals surface area contributed by atoms with Crippen molar-refractivity contribution in [1.29, 1.82) is 0 Å². The van der Waals surface area contributed by atoms with Gasteiger partial charge in [-0.15, -0.1) is 0 Å². The van der Waals surface area contributed by atoms with Crippen LogP contribution >= 0.6 is 0 Å². The largest absolute Gasteiger partial charge is 0.387 e. The monoisotopic (exact) mass is 243 g/mol. The van der Waals surface area contributed by atoms with E-state index in [1.54, 1.807) is 0 Å². The summed E-state index contributed by atoms with van der Waals surface area (Å²) in [5.74, 6) is 0. The Kier molecular flexibility index (Phi) is 4.61. The van der Waals surface area contributed by atoms with Gasteiger partial charge in [0, 0.05) is 18.6 Å². The van der Waals surface area contributed by atoms with Crippen molar-refractivity contribution >= 4 is 0 Å². The lowest BCUT2D eigenvalue weighted by Crippen LogP contribution is -2.55. The van der Waals surface area contributed by atoms with Gasteiger partial charge in [0.1, 0.15) is 0 Å². The SMILES string of the molecule is CCOCC(C)(O)C1(CN)CCC(C)(C)CC1. The first kappa shape index (κ1) is 14.9. The summed E-state index contributed by atoms with van der Waals surface area (Å²) in [5, 5.41) is 10.7. The molecule has 0 aromatic rings. The third-order valence-electron chi connectivity index (χ3n) is 4.68. The Bertz CT molecular complexity index is 239. The molecule has 1 atom stereocenters. The molecule has 1 rings (SSSR count). The highest BCUT2D eigenvalue weighted by molar-refractivity contribution is 5.01.